The lowest BCUT2D eigenvalue weighted by atomic mass is 10.1. The zero-order chi connectivity index (χ0) is 17.3. The second-order valence-electron chi connectivity index (χ2n) is 5.49. The van der Waals surface area contributed by atoms with Crippen molar-refractivity contribution in [3.8, 4) is 0 Å². The Labute approximate surface area is 135 Å². The number of para-hydroxylation sites is 2. The van der Waals surface area contributed by atoms with Crippen LogP contribution < -0.4 is 11.0 Å². The first-order chi connectivity index (χ1) is 11.5. The molecule has 24 heavy (non-hydrogen) atoms. The number of aromatic amines is 1. The smallest absolute Gasteiger partial charge is 0.326 e. The molecule has 2 aromatic carbocycles. The van der Waals surface area contributed by atoms with Crippen molar-refractivity contribution in [1.29, 1.82) is 0 Å². The van der Waals surface area contributed by atoms with E-state index in [2.05, 4.69) is 10.3 Å². The van der Waals surface area contributed by atoms with E-state index in [0.29, 0.717) is 11.0 Å². The Bertz CT molecular complexity index is 962. The van der Waals surface area contributed by atoms with Crippen molar-refractivity contribution in [2.75, 3.05) is 0 Å². The van der Waals surface area contributed by atoms with Crippen molar-refractivity contribution >= 4 is 16.9 Å². The van der Waals surface area contributed by atoms with E-state index in [1.54, 1.807) is 31.2 Å². The van der Waals surface area contributed by atoms with Gasteiger partial charge >= 0.3 is 5.69 Å². The Hall–Kier alpha value is -2.96. The highest BCUT2D eigenvalue weighted by molar-refractivity contribution is 5.80. The summed E-state index contributed by atoms with van der Waals surface area (Å²) >= 11 is 0. The van der Waals surface area contributed by atoms with Crippen molar-refractivity contribution < 1.29 is 13.6 Å². The molecule has 1 aromatic heterocycles. The molecule has 7 heteroatoms. The quantitative estimate of drug-likeness (QED) is 0.771. The zero-order valence-electron chi connectivity index (χ0n) is 12.8. The third-order valence-electron chi connectivity index (χ3n) is 3.79. The van der Waals surface area contributed by atoms with Crippen LogP contribution in [0, 0.1) is 11.6 Å². The van der Waals surface area contributed by atoms with Crippen LogP contribution in [0.4, 0.5) is 8.78 Å². The van der Waals surface area contributed by atoms with Crippen molar-refractivity contribution in [3.63, 3.8) is 0 Å². The molecule has 0 aliphatic heterocycles. The second-order valence-corrected chi connectivity index (χ2v) is 5.49. The molecule has 0 fully saturated rings. The van der Waals surface area contributed by atoms with Crippen LogP contribution in [0.25, 0.3) is 11.0 Å². The van der Waals surface area contributed by atoms with E-state index < -0.39 is 29.3 Å². The lowest BCUT2D eigenvalue weighted by Crippen LogP contribution is -2.33. The number of hydrogen-bond donors (Lipinski definition) is 2. The van der Waals surface area contributed by atoms with Crippen LogP contribution in [0.5, 0.6) is 0 Å². The van der Waals surface area contributed by atoms with Crippen LogP contribution in [0.1, 0.15) is 18.5 Å². The summed E-state index contributed by atoms with van der Waals surface area (Å²) in [6.45, 7) is 1.39. The Balaban J connectivity index is 1.77. The van der Waals surface area contributed by atoms with Crippen LogP contribution in [0.15, 0.2) is 47.3 Å². The molecule has 0 radical (unpaired) electrons. The Kier molecular flexibility index (Phi) is 4.16. The normalized spacial score (nSPS) is 12.3. The molecule has 5 nitrogen and oxygen atoms in total. The third-order valence-corrected chi connectivity index (χ3v) is 3.79. The number of carbonyl (C=O) groups is 1. The molecule has 2 N–H and O–H groups in total. The molecular formula is C17H15F2N3O2. The number of benzene rings is 2. The number of amides is 1. The topological polar surface area (TPSA) is 66.9 Å². The minimum atomic E-state index is -0.730. The molecule has 124 valence electrons. The standard InChI is InChI=1S/C17H15F2N3O2/c1-10(12-7-6-11(18)8-13(12)19)20-16(23)9-22-15-5-3-2-4-14(15)21-17(22)24/h2-8,10H,9H2,1H3,(H,20,23)(H,21,24). The van der Waals surface area contributed by atoms with Gasteiger partial charge in [0.15, 0.2) is 0 Å². The fraction of sp³-hybridized carbons (Fsp3) is 0.176. The van der Waals surface area contributed by atoms with Gasteiger partial charge in [0.1, 0.15) is 18.2 Å². The van der Waals surface area contributed by atoms with Gasteiger partial charge < -0.3 is 10.3 Å². The summed E-state index contributed by atoms with van der Waals surface area (Å²) < 4.78 is 28.0. The SMILES string of the molecule is CC(NC(=O)Cn1c(=O)[nH]c2ccccc21)c1ccc(F)cc1F. The van der Waals surface area contributed by atoms with Gasteiger partial charge in [0, 0.05) is 11.6 Å². The first kappa shape index (κ1) is 15.9. The van der Waals surface area contributed by atoms with E-state index >= 15 is 0 Å². The highest BCUT2D eigenvalue weighted by atomic mass is 19.1. The summed E-state index contributed by atoms with van der Waals surface area (Å²) in [5.41, 5.74) is 1.02. The largest absolute Gasteiger partial charge is 0.348 e. The average molecular weight is 331 g/mol. The number of carbonyl (C=O) groups excluding carboxylic acids is 1. The summed E-state index contributed by atoms with van der Waals surface area (Å²) in [6.07, 6.45) is 0. The summed E-state index contributed by atoms with van der Waals surface area (Å²) in [5, 5.41) is 2.61. The van der Waals surface area contributed by atoms with Crippen molar-refractivity contribution in [1.82, 2.24) is 14.9 Å². The lowest BCUT2D eigenvalue weighted by Gasteiger charge is -2.15. The van der Waals surface area contributed by atoms with Gasteiger partial charge in [0.25, 0.3) is 0 Å². The molecule has 3 rings (SSSR count). The maximum absolute atomic E-state index is 13.7. The van der Waals surface area contributed by atoms with Crippen LogP contribution in [0.3, 0.4) is 0 Å². The number of imidazole rings is 1. The fourth-order valence-electron chi connectivity index (χ4n) is 2.62. The highest BCUT2D eigenvalue weighted by Gasteiger charge is 2.16. The van der Waals surface area contributed by atoms with Crippen LogP contribution in [0.2, 0.25) is 0 Å². The van der Waals surface area contributed by atoms with Crippen molar-refractivity contribution in [2.45, 2.75) is 19.5 Å². The molecular weight excluding hydrogens is 316 g/mol. The summed E-state index contributed by atoms with van der Waals surface area (Å²) in [4.78, 5) is 26.8. The van der Waals surface area contributed by atoms with Crippen LogP contribution in [-0.2, 0) is 11.3 Å². The predicted molar refractivity (Wildman–Crippen MR) is 85.5 cm³/mol. The van der Waals surface area contributed by atoms with E-state index in [4.69, 9.17) is 0 Å². The minimum Gasteiger partial charge on any atom is -0.348 e. The zero-order valence-corrected chi connectivity index (χ0v) is 12.8. The number of rotatable bonds is 4. The first-order valence-corrected chi connectivity index (χ1v) is 7.37. The summed E-state index contributed by atoms with van der Waals surface area (Å²) in [7, 11) is 0. The van der Waals surface area contributed by atoms with Crippen molar-refractivity contribution in [2.24, 2.45) is 0 Å². The molecule has 0 saturated carbocycles. The van der Waals surface area contributed by atoms with Gasteiger partial charge in [-0.1, -0.05) is 18.2 Å². The number of nitrogens with one attached hydrogen (secondary N) is 2. The van der Waals surface area contributed by atoms with E-state index in [-0.39, 0.29) is 12.1 Å². The van der Waals surface area contributed by atoms with E-state index in [1.165, 1.54) is 10.6 Å². The molecule has 0 bridgehead atoms. The molecule has 0 spiro atoms. The molecule has 3 aromatic rings. The Morgan fingerprint density at radius 3 is 2.75 bits per heavy atom. The molecule has 1 amide bonds. The monoisotopic (exact) mass is 331 g/mol. The van der Waals surface area contributed by atoms with E-state index in [0.717, 1.165) is 12.1 Å². The first-order valence-electron chi connectivity index (χ1n) is 7.37. The number of halogens is 2. The van der Waals surface area contributed by atoms with Crippen molar-refractivity contribution in [3.05, 3.63) is 70.1 Å². The number of fused-ring (bicyclic) bond motifs is 1. The summed E-state index contributed by atoms with van der Waals surface area (Å²) in [5.74, 6) is -1.86. The molecule has 0 aliphatic rings. The molecule has 0 saturated heterocycles. The van der Waals surface area contributed by atoms with E-state index in [9.17, 15) is 18.4 Å². The maximum atomic E-state index is 13.7. The Morgan fingerprint density at radius 1 is 1.25 bits per heavy atom. The number of aromatic nitrogens is 2. The summed E-state index contributed by atoms with van der Waals surface area (Å²) in [6, 6.07) is 9.54. The van der Waals surface area contributed by atoms with Gasteiger partial charge in [-0.3, -0.25) is 9.36 Å². The van der Waals surface area contributed by atoms with Crippen LogP contribution >= 0.6 is 0 Å². The van der Waals surface area contributed by atoms with Crippen LogP contribution in [-0.4, -0.2) is 15.5 Å². The highest BCUT2D eigenvalue weighted by Crippen LogP contribution is 2.17. The molecule has 1 unspecified atom stereocenters. The predicted octanol–water partition coefficient (Wildman–Crippen LogP) is 2.49. The van der Waals surface area contributed by atoms with E-state index in [1.807, 2.05) is 0 Å². The fourth-order valence-corrected chi connectivity index (χ4v) is 2.62. The lowest BCUT2D eigenvalue weighted by molar-refractivity contribution is -0.122. The average Bonchev–Trinajstić information content (AvgIpc) is 2.83. The Morgan fingerprint density at radius 2 is 2.00 bits per heavy atom. The minimum absolute atomic E-state index is 0.177. The van der Waals surface area contributed by atoms with Gasteiger partial charge in [0.2, 0.25) is 5.91 Å². The van der Waals surface area contributed by atoms with Gasteiger partial charge in [0.05, 0.1) is 17.1 Å². The number of H-pyrrole nitrogens is 1. The number of hydrogen-bond acceptors (Lipinski definition) is 2. The van der Waals surface area contributed by atoms with Gasteiger partial charge in [-0.25, -0.2) is 13.6 Å². The van der Waals surface area contributed by atoms with Gasteiger partial charge in [-0.05, 0) is 25.1 Å². The third kappa shape index (κ3) is 3.05. The maximum Gasteiger partial charge on any atom is 0.326 e. The molecule has 1 heterocycles. The molecule has 0 aliphatic carbocycles. The van der Waals surface area contributed by atoms with Gasteiger partial charge in [-0.15, -0.1) is 0 Å². The molecule has 1 atom stereocenters. The second kappa shape index (κ2) is 6.27. The number of nitrogens with zero attached hydrogens (tertiary/aromatic N) is 1. The van der Waals surface area contributed by atoms with Gasteiger partial charge in [-0.2, -0.15) is 0 Å².